The molecule has 1 aliphatic heterocycles. The Hall–Kier alpha value is -0.980. The molecular formula is C12H13O. The molecule has 1 saturated carbocycles. The number of fused-ring (bicyclic) bond motifs is 3. The van der Waals surface area contributed by atoms with Crippen molar-refractivity contribution >= 4 is 0 Å². The molecule has 1 nitrogen and oxygen atoms in total. The summed E-state index contributed by atoms with van der Waals surface area (Å²) in [4.78, 5) is 0. The van der Waals surface area contributed by atoms with E-state index in [-0.39, 0.29) is 0 Å². The average Bonchev–Trinajstić information content (AvgIpc) is 2.56. The van der Waals surface area contributed by atoms with Crippen LogP contribution in [0.5, 0.6) is 5.75 Å². The summed E-state index contributed by atoms with van der Waals surface area (Å²) < 4.78 is 5.87. The fraction of sp³-hybridized carbons (Fsp3) is 0.417. The predicted molar refractivity (Wildman–Crippen MR) is 51.7 cm³/mol. The Morgan fingerprint density at radius 2 is 2.08 bits per heavy atom. The molecule has 0 aromatic heterocycles. The van der Waals surface area contributed by atoms with Gasteiger partial charge in [0.2, 0.25) is 0 Å². The van der Waals surface area contributed by atoms with E-state index in [1.165, 1.54) is 31.2 Å². The maximum atomic E-state index is 5.87. The van der Waals surface area contributed by atoms with Gasteiger partial charge >= 0.3 is 0 Å². The van der Waals surface area contributed by atoms with Gasteiger partial charge in [-0.05, 0) is 25.3 Å². The Labute approximate surface area is 78.7 Å². The molecule has 1 unspecified atom stereocenters. The van der Waals surface area contributed by atoms with Crippen LogP contribution in [0.2, 0.25) is 0 Å². The summed E-state index contributed by atoms with van der Waals surface area (Å²) in [5.41, 5.74) is 1.37. The zero-order valence-corrected chi connectivity index (χ0v) is 7.62. The molecule has 67 valence electrons. The van der Waals surface area contributed by atoms with Crippen LogP contribution in [0.25, 0.3) is 0 Å². The van der Waals surface area contributed by atoms with Gasteiger partial charge in [-0.1, -0.05) is 24.6 Å². The lowest BCUT2D eigenvalue weighted by Gasteiger charge is -2.23. The summed E-state index contributed by atoms with van der Waals surface area (Å²) in [7, 11) is 0. The number of benzene rings is 1. The Kier molecular flexibility index (Phi) is 1.58. The van der Waals surface area contributed by atoms with Gasteiger partial charge in [0.15, 0.2) is 0 Å². The largest absolute Gasteiger partial charge is 0.489 e. The second-order valence-electron chi connectivity index (χ2n) is 3.87. The highest BCUT2D eigenvalue weighted by Crippen LogP contribution is 2.44. The zero-order chi connectivity index (χ0) is 8.67. The van der Waals surface area contributed by atoms with Crippen LogP contribution < -0.4 is 4.74 Å². The number of para-hydroxylation sites is 1. The van der Waals surface area contributed by atoms with Crippen molar-refractivity contribution in [2.45, 2.75) is 31.8 Å². The number of ether oxygens (including phenoxy) is 1. The maximum Gasteiger partial charge on any atom is 0.123 e. The van der Waals surface area contributed by atoms with Crippen LogP contribution in [-0.2, 0) is 0 Å². The fourth-order valence-corrected chi connectivity index (χ4v) is 2.41. The van der Waals surface area contributed by atoms with Crippen molar-refractivity contribution in [2.75, 3.05) is 0 Å². The van der Waals surface area contributed by atoms with Crippen LogP contribution in [0.4, 0.5) is 0 Å². The molecular weight excluding hydrogens is 160 g/mol. The van der Waals surface area contributed by atoms with Crippen molar-refractivity contribution < 1.29 is 4.74 Å². The molecule has 1 aliphatic carbocycles. The highest BCUT2D eigenvalue weighted by atomic mass is 16.5. The van der Waals surface area contributed by atoms with Crippen molar-refractivity contribution in [3.8, 4) is 5.75 Å². The molecule has 3 rings (SSSR count). The van der Waals surface area contributed by atoms with E-state index in [1.54, 1.807) is 5.92 Å². The Bertz CT molecular complexity index is 319. The summed E-state index contributed by atoms with van der Waals surface area (Å²) in [6, 6.07) is 8.43. The fourth-order valence-electron chi connectivity index (χ4n) is 2.41. The maximum absolute atomic E-state index is 5.87. The first-order valence-electron chi connectivity index (χ1n) is 5.07. The van der Waals surface area contributed by atoms with Crippen LogP contribution in [0, 0.1) is 5.92 Å². The molecule has 1 aromatic rings. The first kappa shape index (κ1) is 7.43. The van der Waals surface area contributed by atoms with E-state index >= 15 is 0 Å². The third kappa shape index (κ3) is 1.06. The second-order valence-corrected chi connectivity index (χ2v) is 3.87. The molecule has 1 aromatic carbocycles. The second kappa shape index (κ2) is 2.76. The lowest BCUT2D eigenvalue weighted by atomic mass is 9.83. The molecule has 1 atom stereocenters. The van der Waals surface area contributed by atoms with E-state index in [1.807, 2.05) is 0 Å². The van der Waals surface area contributed by atoms with E-state index in [0.29, 0.717) is 6.10 Å². The van der Waals surface area contributed by atoms with Gasteiger partial charge in [-0.2, -0.15) is 0 Å². The van der Waals surface area contributed by atoms with Crippen molar-refractivity contribution in [3.63, 3.8) is 0 Å². The zero-order valence-electron chi connectivity index (χ0n) is 7.62. The van der Waals surface area contributed by atoms with Crippen molar-refractivity contribution in [2.24, 2.45) is 0 Å². The van der Waals surface area contributed by atoms with Crippen molar-refractivity contribution in [1.29, 1.82) is 0 Å². The average molecular weight is 173 g/mol. The van der Waals surface area contributed by atoms with E-state index in [2.05, 4.69) is 24.3 Å². The van der Waals surface area contributed by atoms with Gasteiger partial charge in [0.05, 0.1) is 0 Å². The highest BCUT2D eigenvalue weighted by molar-refractivity contribution is 5.49. The van der Waals surface area contributed by atoms with Gasteiger partial charge < -0.3 is 4.74 Å². The lowest BCUT2D eigenvalue weighted by molar-refractivity contribution is 0.209. The number of hydrogen-bond acceptors (Lipinski definition) is 1. The SMILES string of the molecule is c1ccc2c(c1)OC1CCCC[C]21. The summed E-state index contributed by atoms with van der Waals surface area (Å²) in [6.07, 6.45) is 5.52. The molecule has 2 aliphatic rings. The van der Waals surface area contributed by atoms with Gasteiger partial charge in [-0.3, -0.25) is 0 Å². The molecule has 0 saturated heterocycles. The van der Waals surface area contributed by atoms with Crippen LogP contribution in [0.1, 0.15) is 31.2 Å². The summed E-state index contributed by atoms with van der Waals surface area (Å²) in [5.74, 6) is 2.64. The van der Waals surface area contributed by atoms with Gasteiger partial charge in [0.25, 0.3) is 0 Å². The number of rotatable bonds is 0. The van der Waals surface area contributed by atoms with Gasteiger partial charge in [0, 0.05) is 11.5 Å². The Morgan fingerprint density at radius 1 is 1.15 bits per heavy atom. The van der Waals surface area contributed by atoms with E-state index < -0.39 is 0 Å². The smallest absolute Gasteiger partial charge is 0.123 e. The molecule has 1 heterocycles. The van der Waals surface area contributed by atoms with E-state index in [9.17, 15) is 0 Å². The summed E-state index contributed by atoms with van der Waals surface area (Å²) in [6.45, 7) is 0. The third-order valence-electron chi connectivity index (χ3n) is 3.05. The molecule has 0 bridgehead atoms. The predicted octanol–water partition coefficient (Wildman–Crippen LogP) is 2.94. The molecule has 13 heavy (non-hydrogen) atoms. The molecule has 1 radical (unpaired) electrons. The number of hydrogen-bond donors (Lipinski definition) is 0. The standard InChI is InChI=1S/C12H13O/c1-3-7-11-9(5-1)10-6-2-4-8-12(10)13-11/h1,3,5,7,12H,2,4,6,8H2. The Balaban J connectivity index is 2.01. The highest BCUT2D eigenvalue weighted by Gasteiger charge is 2.36. The van der Waals surface area contributed by atoms with Crippen LogP contribution in [0.3, 0.4) is 0 Å². The van der Waals surface area contributed by atoms with Crippen molar-refractivity contribution in [1.82, 2.24) is 0 Å². The topological polar surface area (TPSA) is 9.23 Å². The third-order valence-corrected chi connectivity index (χ3v) is 3.05. The minimum absolute atomic E-state index is 0.408. The first-order chi connectivity index (χ1) is 6.45. The first-order valence-corrected chi connectivity index (χ1v) is 5.07. The van der Waals surface area contributed by atoms with Gasteiger partial charge in [-0.25, -0.2) is 0 Å². The van der Waals surface area contributed by atoms with Crippen LogP contribution in [0.15, 0.2) is 24.3 Å². The lowest BCUT2D eigenvalue weighted by Crippen LogP contribution is -2.22. The summed E-state index contributed by atoms with van der Waals surface area (Å²) in [5, 5.41) is 0. The van der Waals surface area contributed by atoms with Gasteiger partial charge in [-0.15, -0.1) is 0 Å². The monoisotopic (exact) mass is 173 g/mol. The van der Waals surface area contributed by atoms with Crippen molar-refractivity contribution in [3.05, 3.63) is 35.7 Å². The van der Waals surface area contributed by atoms with Crippen LogP contribution >= 0.6 is 0 Å². The normalized spacial score (nSPS) is 26.3. The minimum Gasteiger partial charge on any atom is -0.489 e. The molecule has 0 spiro atoms. The van der Waals surface area contributed by atoms with Crippen LogP contribution in [-0.4, -0.2) is 6.10 Å². The Morgan fingerprint density at radius 3 is 3.08 bits per heavy atom. The molecule has 1 fully saturated rings. The van der Waals surface area contributed by atoms with E-state index in [4.69, 9.17) is 4.74 Å². The van der Waals surface area contributed by atoms with Gasteiger partial charge in [0.1, 0.15) is 11.9 Å². The minimum atomic E-state index is 0.408. The quantitative estimate of drug-likeness (QED) is 0.586. The molecule has 1 heteroatoms. The van der Waals surface area contributed by atoms with E-state index in [0.717, 1.165) is 5.75 Å². The summed E-state index contributed by atoms with van der Waals surface area (Å²) >= 11 is 0. The molecule has 0 amide bonds. The molecule has 0 N–H and O–H groups in total.